The summed E-state index contributed by atoms with van der Waals surface area (Å²) in [6.07, 6.45) is 4.39. The third-order valence-electron chi connectivity index (χ3n) is 8.96. The number of carbonyl (C=O) groups excluding carboxylic acids is 7. The smallest absolute Gasteiger partial charge is 0.446 e. The van der Waals surface area contributed by atoms with Gasteiger partial charge in [-0.2, -0.15) is 31.9 Å². The Morgan fingerprint density at radius 1 is 0.742 bits per heavy atom. The van der Waals surface area contributed by atoms with Crippen molar-refractivity contribution in [3.63, 3.8) is 0 Å². The number of aromatic amines is 1. The highest BCUT2D eigenvalue weighted by Crippen LogP contribution is 2.20. The van der Waals surface area contributed by atoms with Gasteiger partial charge >= 0.3 is 16.4 Å². The Labute approximate surface area is 365 Å². The highest BCUT2D eigenvalue weighted by Gasteiger charge is 2.32. The van der Waals surface area contributed by atoms with E-state index in [2.05, 4.69) is 41.1 Å². The molecule has 338 valence electrons. The van der Waals surface area contributed by atoms with Gasteiger partial charge in [-0.1, -0.05) is 30.3 Å². The van der Waals surface area contributed by atoms with Crippen molar-refractivity contribution in [2.24, 2.45) is 5.73 Å². The molecule has 3 aromatic rings. The standard InChI is InChI=1S/C38H50N8O13S3/c1-21(47)42-31(18-33(49)50)38(55)46-29(16-22-8-10-24(11-9-22)59-62(56,57)58)36(53)45-28(13-15-61-3)35(52)41-20-32(48)43-30(37(54)44-27(34(39)51)12-14-60-2)17-23-19-40-26-7-5-4-6-25(23)26/h4-11,19,27-31,40H,12-18,20H2,1-3H3,(H2,39,51)(H,41,52)(H,42,47)(H,43,48)(H,44,54)(H,45,53)(H,46,55)(H,49,50)(H,56,57,58)/t27-,28-,29+,30-,31+/m0/s1. The molecule has 0 aliphatic heterocycles. The van der Waals surface area contributed by atoms with E-state index >= 15 is 0 Å². The molecule has 1 aromatic heterocycles. The number of carboxylic acids is 1. The van der Waals surface area contributed by atoms with Gasteiger partial charge in [-0.05, 0) is 66.2 Å². The van der Waals surface area contributed by atoms with Crippen LogP contribution in [0.5, 0.6) is 5.75 Å². The van der Waals surface area contributed by atoms with Crippen molar-refractivity contribution in [3.05, 3.63) is 65.9 Å². The number of aliphatic carboxylic acids is 1. The molecule has 0 saturated heterocycles. The normalized spacial score (nSPS) is 13.6. The SMILES string of the molecule is CSCC[C@H](NC(=O)[C@H](Cc1c[nH]c2ccccc12)NC(=O)CNC(=O)[C@H](CCSC)NC(=O)[C@@H](Cc1ccc(OS(=O)(=O)O)cc1)NC(=O)[C@@H](CC(=O)O)NC(C)=O)C(N)=O. The van der Waals surface area contributed by atoms with E-state index in [1.807, 2.05) is 24.5 Å². The van der Waals surface area contributed by atoms with Crippen LogP contribution in [0.4, 0.5) is 0 Å². The van der Waals surface area contributed by atoms with Crippen LogP contribution in [0, 0.1) is 0 Å². The summed E-state index contributed by atoms with van der Waals surface area (Å²) in [5, 5.41) is 25.0. The zero-order chi connectivity index (χ0) is 46.0. The van der Waals surface area contributed by atoms with Gasteiger partial charge in [0.1, 0.15) is 36.0 Å². The Balaban J connectivity index is 1.82. The Kier molecular flexibility index (Phi) is 20.0. The molecule has 2 aromatic carbocycles. The molecule has 7 amide bonds. The summed E-state index contributed by atoms with van der Waals surface area (Å²) in [7, 11) is -4.85. The van der Waals surface area contributed by atoms with Gasteiger partial charge in [-0.3, -0.25) is 42.9 Å². The second-order valence-electron chi connectivity index (χ2n) is 13.8. The molecule has 0 spiro atoms. The summed E-state index contributed by atoms with van der Waals surface area (Å²) < 4.78 is 35.7. The summed E-state index contributed by atoms with van der Waals surface area (Å²) in [4.78, 5) is 106. The Morgan fingerprint density at radius 2 is 1.31 bits per heavy atom. The molecule has 0 radical (unpaired) electrons. The molecule has 0 aliphatic rings. The average Bonchev–Trinajstić information content (AvgIpc) is 3.61. The van der Waals surface area contributed by atoms with E-state index in [-0.39, 0.29) is 31.4 Å². The lowest BCUT2D eigenvalue weighted by atomic mass is 10.0. The minimum absolute atomic E-state index is 0.00536. The molecule has 1 heterocycles. The van der Waals surface area contributed by atoms with Crippen molar-refractivity contribution >= 4 is 92.1 Å². The third-order valence-corrected chi connectivity index (χ3v) is 10.6. The van der Waals surface area contributed by atoms with Gasteiger partial charge in [0.2, 0.25) is 41.4 Å². The summed E-state index contributed by atoms with van der Waals surface area (Å²) >= 11 is 2.79. The van der Waals surface area contributed by atoms with Crippen molar-refractivity contribution in [1.29, 1.82) is 0 Å². The number of hydrogen-bond donors (Lipinski definition) is 10. The number of hydrogen-bond acceptors (Lipinski definition) is 13. The third kappa shape index (κ3) is 17.3. The van der Waals surface area contributed by atoms with E-state index in [0.29, 0.717) is 22.6 Å². The number of primary amides is 1. The Hall–Kier alpha value is -5.85. The fourth-order valence-corrected chi connectivity index (χ4v) is 7.28. The monoisotopic (exact) mass is 922 g/mol. The predicted molar refractivity (Wildman–Crippen MR) is 230 cm³/mol. The van der Waals surface area contributed by atoms with Gasteiger partial charge in [-0.25, -0.2) is 0 Å². The Morgan fingerprint density at radius 3 is 1.89 bits per heavy atom. The van der Waals surface area contributed by atoms with Crippen molar-refractivity contribution in [2.75, 3.05) is 30.6 Å². The van der Waals surface area contributed by atoms with Crippen LogP contribution in [0.25, 0.3) is 10.9 Å². The lowest BCUT2D eigenvalue weighted by molar-refractivity contribution is -0.141. The number of para-hydroxylation sites is 1. The molecule has 0 unspecified atom stereocenters. The summed E-state index contributed by atoms with van der Waals surface area (Å²) in [6.45, 7) is 0.406. The maximum atomic E-state index is 13.9. The number of nitrogens with two attached hydrogens (primary N) is 1. The number of aromatic nitrogens is 1. The van der Waals surface area contributed by atoms with Crippen LogP contribution < -0.4 is 41.8 Å². The molecule has 5 atom stereocenters. The zero-order valence-corrected chi connectivity index (χ0v) is 36.4. The molecule has 0 bridgehead atoms. The molecule has 0 saturated carbocycles. The number of nitrogens with one attached hydrogen (secondary N) is 7. The van der Waals surface area contributed by atoms with Crippen LogP contribution in [0.1, 0.15) is 37.3 Å². The van der Waals surface area contributed by atoms with Gasteiger partial charge in [0.05, 0.1) is 13.0 Å². The van der Waals surface area contributed by atoms with Gasteiger partial charge < -0.3 is 51.9 Å². The van der Waals surface area contributed by atoms with Gasteiger partial charge in [0.25, 0.3) is 0 Å². The van der Waals surface area contributed by atoms with Crippen LogP contribution in [-0.4, -0.2) is 131 Å². The first kappa shape index (κ1) is 50.5. The number of fused-ring (bicyclic) bond motifs is 1. The van der Waals surface area contributed by atoms with Crippen LogP contribution in [0.15, 0.2) is 54.7 Å². The van der Waals surface area contributed by atoms with Crippen molar-refractivity contribution in [1.82, 2.24) is 36.9 Å². The first-order valence-corrected chi connectivity index (χ1v) is 23.0. The minimum atomic E-state index is -4.85. The molecule has 0 fully saturated rings. The van der Waals surface area contributed by atoms with Gasteiger partial charge in [0, 0.05) is 36.9 Å². The molecule has 0 aliphatic carbocycles. The fraction of sp³-hybridized carbons (Fsp3) is 0.421. The quantitative estimate of drug-likeness (QED) is 0.0439. The molecular formula is C38H50N8O13S3. The summed E-state index contributed by atoms with van der Waals surface area (Å²) in [6, 6.07) is 5.59. The molecule has 3 rings (SSSR count). The first-order chi connectivity index (χ1) is 29.3. The van der Waals surface area contributed by atoms with Crippen LogP contribution in [-0.2, 0) is 61.6 Å². The highest BCUT2D eigenvalue weighted by molar-refractivity contribution is 7.98. The number of H-pyrrole nitrogens is 1. The van der Waals surface area contributed by atoms with E-state index in [4.69, 9.17) is 10.3 Å². The average molecular weight is 923 g/mol. The van der Waals surface area contributed by atoms with Gasteiger partial charge in [0.15, 0.2) is 0 Å². The second kappa shape index (κ2) is 24.6. The van der Waals surface area contributed by atoms with E-state index in [1.54, 1.807) is 18.5 Å². The van der Waals surface area contributed by atoms with Crippen LogP contribution >= 0.6 is 23.5 Å². The molecule has 24 heteroatoms. The van der Waals surface area contributed by atoms with Crippen LogP contribution in [0.2, 0.25) is 0 Å². The zero-order valence-electron chi connectivity index (χ0n) is 33.9. The van der Waals surface area contributed by atoms with E-state index in [0.717, 1.165) is 30.0 Å². The van der Waals surface area contributed by atoms with E-state index in [1.165, 1.54) is 35.7 Å². The number of thioether (sulfide) groups is 2. The predicted octanol–water partition coefficient (Wildman–Crippen LogP) is -0.839. The largest absolute Gasteiger partial charge is 0.481 e. The molecular weight excluding hydrogens is 873 g/mol. The lowest BCUT2D eigenvalue weighted by Crippen LogP contribution is -2.58. The van der Waals surface area contributed by atoms with Crippen molar-refractivity contribution in [2.45, 2.75) is 69.2 Å². The first-order valence-electron chi connectivity index (χ1n) is 18.8. The summed E-state index contributed by atoms with van der Waals surface area (Å²) in [5.41, 5.74) is 7.32. The number of carboxylic acid groups (broad SMARTS) is 1. The number of rotatable bonds is 26. The molecule has 62 heavy (non-hydrogen) atoms. The lowest BCUT2D eigenvalue weighted by Gasteiger charge is -2.25. The van der Waals surface area contributed by atoms with E-state index < -0.39 is 101 Å². The fourth-order valence-electron chi connectivity index (χ4n) is 5.99. The molecule has 11 N–H and O–H groups in total. The second-order valence-corrected chi connectivity index (χ2v) is 16.8. The maximum Gasteiger partial charge on any atom is 0.446 e. The van der Waals surface area contributed by atoms with Gasteiger partial charge in [-0.15, -0.1) is 0 Å². The van der Waals surface area contributed by atoms with Crippen molar-refractivity contribution in [3.8, 4) is 5.75 Å². The van der Waals surface area contributed by atoms with E-state index in [9.17, 15) is 51.9 Å². The van der Waals surface area contributed by atoms with Crippen LogP contribution in [0.3, 0.4) is 0 Å². The highest BCUT2D eigenvalue weighted by atomic mass is 32.3. The number of amides is 7. The number of benzene rings is 2. The Bertz CT molecular complexity index is 2170. The minimum Gasteiger partial charge on any atom is -0.481 e. The summed E-state index contributed by atoms with van der Waals surface area (Å²) in [5.74, 6) is -6.62. The van der Waals surface area contributed by atoms with Crippen molar-refractivity contribution < 1.29 is 60.6 Å². The topological polar surface area (TPSA) is 334 Å². The number of carbonyl (C=O) groups is 8. The maximum absolute atomic E-state index is 13.9. The molecule has 21 nitrogen and oxygen atoms in total.